The molecule has 0 bridgehead atoms. The first-order chi connectivity index (χ1) is 12.7. The lowest BCUT2D eigenvalue weighted by atomic mass is 10.3. The molecule has 0 N–H and O–H groups in total. The van der Waals surface area contributed by atoms with E-state index in [1.54, 1.807) is 0 Å². The van der Waals surface area contributed by atoms with Crippen molar-refractivity contribution in [3.8, 4) is 0 Å². The number of morpholine rings is 1. The van der Waals surface area contributed by atoms with Crippen LogP contribution in [0.2, 0.25) is 10.0 Å². The molecular weight excluding hydrogens is 417 g/mol. The summed E-state index contributed by atoms with van der Waals surface area (Å²) in [7, 11) is -3.53. The van der Waals surface area contributed by atoms with Crippen LogP contribution in [-0.4, -0.2) is 83.2 Å². The second-order valence-corrected chi connectivity index (χ2v) is 9.57. The Hall–Kier alpha value is -0.750. The van der Waals surface area contributed by atoms with Crippen molar-refractivity contribution in [2.24, 2.45) is 0 Å². The van der Waals surface area contributed by atoms with E-state index in [1.807, 2.05) is 18.7 Å². The first kappa shape index (κ1) is 21.0. The molecule has 3 heterocycles. The van der Waals surface area contributed by atoms with Crippen LogP contribution in [0.1, 0.15) is 13.8 Å². The lowest BCUT2D eigenvalue weighted by molar-refractivity contribution is -0.0458. The van der Waals surface area contributed by atoms with Crippen LogP contribution in [0.25, 0.3) is 0 Å². The minimum Gasteiger partial charge on any atom is -0.373 e. The summed E-state index contributed by atoms with van der Waals surface area (Å²) in [4.78, 5) is 14.0. The van der Waals surface area contributed by atoms with Gasteiger partial charge in [0.25, 0.3) is 15.8 Å². The van der Waals surface area contributed by atoms with Crippen molar-refractivity contribution >= 4 is 33.4 Å². The largest absolute Gasteiger partial charge is 0.373 e. The highest BCUT2D eigenvalue weighted by molar-refractivity contribution is 7.86. The van der Waals surface area contributed by atoms with Crippen LogP contribution in [0.15, 0.2) is 11.0 Å². The maximum absolute atomic E-state index is 12.9. The summed E-state index contributed by atoms with van der Waals surface area (Å²) in [6.07, 6.45) is 1.07. The van der Waals surface area contributed by atoms with E-state index in [9.17, 15) is 13.2 Å². The molecule has 1 aromatic rings. The maximum Gasteiger partial charge on any atom is 0.288 e. The van der Waals surface area contributed by atoms with Crippen LogP contribution >= 0.6 is 23.2 Å². The van der Waals surface area contributed by atoms with Crippen molar-refractivity contribution in [3.05, 3.63) is 26.6 Å². The summed E-state index contributed by atoms with van der Waals surface area (Å²) < 4.78 is 35.6. The van der Waals surface area contributed by atoms with E-state index in [1.165, 1.54) is 19.5 Å². The molecule has 2 unspecified atom stereocenters. The van der Waals surface area contributed by atoms with Crippen molar-refractivity contribution in [2.45, 2.75) is 32.7 Å². The lowest BCUT2D eigenvalue weighted by Gasteiger charge is -2.40. The van der Waals surface area contributed by atoms with Gasteiger partial charge in [-0.2, -0.15) is 22.1 Å². The molecule has 0 radical (unpaired) electrons. The molecule has 9 nitrogen and oxygen atoms in total. The van der Waals surface area contributed by atoms with Gasteiger partial charge in [0.15, 0.2) is 0 Å². The van der Waals surface area contributed by atoms with E-state index in [2.05, 4.69) is 5.10 Å². The second-order valence-electron chi connectivity index (χ2n) is 6.85. The average Bonchev–Trinajstić information content (AvgIpc) is 2.62. The molecule has 0 aromatic carbocycles. The molecule has 0 amide bonds. The smallest absolute Gasteiger partial charge is 0.288 e. The summed E-state index contributed by atoms with van der Waals surface area (Å²) in [5.41, 5.74) is -0.462. The van der Waals surface area contributed by atoms with Gasteiger partial charge in [-0.15, -0.1) is 0 Å². The van der Waals surface area contributed by atoms with Crippen molar-refractivity contribution in [1.82, 2.24) is 23.3 Å². The van der Waals surface area contributed by atoms with Gasteiger partial charge in [0.2, 0.25) is 0 Å². The third-order valence-electron chi connectivity index (χ3n) is 4.65. The molecule has 2 aliphatic heterocycles. The minimum atomic E-state index is -3.53. The van der Waals surface area contributed by atoms with Crippen LogP contribution in [0.4, 0.5) is 0 Å². The van der Waals surface area contributed by atoms with E-state index < -0.39 is 15.8 Å². The predicted octanol–water partition coefficient (Wildman–Crippen LogP) is 0.479. The quantitative estimate of drug-likeness (QED) is 0.677. The fourth-order valence-electron chi connectivity index (χ4n) is 3.32. The van der Waals surface area contributed by atoms with E-state index in [0.29, 0.717) is 39.3 Å². The van der Waals surface area contributed by atoms with E-state index in [4.69, 9.17) is 27.9 Å². The lowest BCUT2D eigenvalue weighted by Crippen LogP contribution is -2.57. The molecule has 0 aliphatic carbocycles. The summed E-state index contributed by atoms with van der Waals surface area (Å²) in [6, 6.07) is 0. The molecule has 2 aliphatic rings. The van der Waals surface area contributed by atoms with Crippen LogP contribution < -0.4 is 5.56 Å². The molecule has 2 saturated heterocycles. The Balaban J connectivity index is 1.62. The Morgan fingerprint density at radius 2 is 1.70 bits per heavy atom. The molecule has 12 heteroatoms. The zero-order chi connectivity index (χ0) is 19.8. The maximum atomic E-state index is 12.9. The third-order valence-corrected chi connectivity index (χ3v) is 7.36. The van der Waals surface area contributed by atoms with Crippen LogP contribution in [-0.2, 0) is 21.6 Å². The molecular formula is C15H23Cl2N5O4S. The fraction of sp³-hybridized carbons (Fsp3) is 0.733. The van der Waals surface area contributed by atoms with Gasteiger partial charge >= 0.3 is 0 Å². The molecule has 2 fully saturated rings. The summed E-state index contributed by atoms with van der Waals surface area (Å²) in [5.74, 6) is 0. The van der Waals surface area contributed by atoms with Gasteiger partial charge in [-0.1, -0.05) is 23.2 Å². The van der Waals surface area contributed by atoms with Gasteiger partial charge < -0.3 is 4.74 Å². The molecule has 2 atom stereocenters. The Kier molecular flexibility index (Phi) is 6.46. The highest BCUT2D eigenvalue weighted by Crippen LogP contribution is 2.19. The molecule has 1 aromatic heterocycles. The molecule has 152 valence electrons. The number of halogens is 2. The summed E-state index contributed by atoms with van der Waals surface area (Å²) >= 11 is 11.6. The normalized spacial score (nSPS) is 26.4. The zero-order valence-electron chi connectivity index (χ0n) is 15.2. The number of ether oxygens (including phenoxy) is 1. The number of hydrogen-bond donors (Lipinski definition) is 0. The predicted molar refractivity (Wildman–Crippen MR) is 102 cm³/mol. The zero-order valence-corrected chi connectivity index (χ0v) is 17.5. The number of nitrogens with zero attached hydrogens (tertiary/aromatic N) is 5. The topological polar surface area (TPSA) is 88.0 Å². The van der Waals surface area contributed by atoms with Crippen molar-refractivity contribution < 1.29 is 13.2 Å². The highest BCUT2D eigenvalue weighted by Gasteiger charge is 2.36. The van der Waals surface area contributed by atoms with Gasteiger partial charge in [0.1, 0.15) is 5.02 Å². The second kappa shape index (κ2) is 8.32. The van der Waals surface area contributed by atoms with E-state index >= 15 is 0 Å². The molecule has 0 saturated carbocycles. The first-order valence-electron chi connectivity index (χ1n) is 8.72. The van der Waals surface area contributed by atoms with Gasteiger partial charge in [-0.05, 0) is 13.8 Å². The van der Waals surface area contributed by atoms with E-state index in [-0.39, 0.29) is 28.9 Å². The summed E-state index contributed by atoms with van der Waals surface area (Å²) in [5, 5.41) is 4.03. The van der Waals surface area contributed by atoms with Crippen molar-refractivity contribution in [2.75, 3.05) is 39.3 Å². The highest BCUT2D eigenvalue weighted by atomic mass is 35.5. The Morgan fingerprint density at radius 1 is 1.11 bits per heavy atom. The van der Waals surface area contributed by atoms with Crippen molar-refractivity contribution in [1.29, 1.82) is 0 Å². The van der Waals surface area contributed by atoms with Crippen LogP contribution in [0, 0.1) is 0 Å². The molecule has 27 heavy (non-hydrogen) atoms. The minimum absolute atomic E-state index is 0.0663. The van der Waals surface area contributed by atoms with E-state index in [0.717, 1.165) is 0 Å². The number of piperazine rings is 1. The van der Waals surface area contributed by atoms with Gasteiger partial charge in [-0.25, -0.2) is 4.68 Å². The van der Waals surface area contributed by atoms with Crippen molar-refractivity contribution in [3.63, 3.8) is 0 Å². The Labute approximate surface area is 168 Å². The molecule has 0 spiro atoms. The van der Waals surface area contributed by atoms with Crippen LogP contribution in [0.3, 0.4) is 0 Å². The number of aromatic nitrogens is 2. The monoisotopic (exact) mass is 439 g/mol. The standard InChI is InChI=1S/C15H23Cl2N5O4S/c1-11-8-21(9-12(2)26-11)27(24,25)20-5-3-19(4-6-20)10-22-15(23)14(17)13(16)7-18-22/h7,11-12H,3-6,8-10H2,1-2H3. The Morgan fingerprint density at radius 3 is 2.30 bits per heavy atom. The van der Waals surface area contributed by atoms with Gasteiger partial charge in [0.05, 0.1) is 30.1 Å². The summed E-state index contributed by atoms with van der Waals surface area (Å²) in [6.45, 7) is 6.36. The molecule has 3 rings (SSSR count). The van der Waals surface area contributed by atoms with Gasteiger partial charge in [-0.3, -0.25) is 9.69 Å². The Bertz CT molecular complexity index is 831. The van der Waals surface area contributed by atoms with Crippen LogP contribution in [0.5, 0.6) is 0 Å². The SMILES string of the molecule is CC1CN(S(=O)(=O)N2CCN(Cn3ncc(Cl)c(Cl)c3=O)CC2)CC(C)O1. The number of rotatable bonds is 4. The fourth-order valence-corrected chi connectivity index (χ4v) is 5.34. The number of hydrogen-bond acceptors (Lipinski definition) is 6. The van der Waals surface area contributed by atoms with Gasteiger partial charge in [0, 0.05) is 39.3 Å². The first-order valence-corrected chi connectivity index (χ1v) is 10.9. The average molecular weight is 440 g/mol. The third kappa shape index (κ3) is 4.64.